The van der Waals surface area contributed by atoms with Crippen LogP contribution in [0.1, 0.15) is 11.3 Å². The number of rotatable bonds is 3. The second kappa shape index (κ2) is 5.49. The van der Waals surface area contributed by atoms with E-state index in [0.29, 0.717) is 16.4 Å². The lowest BCUT2D eigenvalue weighted by atomic mass is 10.3. The van der Waals surface area contributed by atoms with Crippen molar-refractivity contribution in [3.05, 3.63) is 40.6 Å². The molecule has 0 fully saturated rings. The van der Waals surface area contributed by atoms with Crippen LogP contribution in [-0.4, -0.2) is 20.1 Å². The lowest BCUT2D eigenvalue weighted by Crippen LogP contribution is -1.94. The first-order chi connectivity index (χ1) is 8.56. The minimum absolute atomic E-state index is 0.105. The average molecular weight is 286 g/mol. The summed E-state index contributed by atoms with van der Waals surface area (Å²) >= 11 is 7.05. The molecule has 0 bridgehead atoms. The fourth-order valence-electron chi connectivity index (χ4n) is 1.30. The third-order valence-corrected chi connectivity index (χ3v) is 3.32. The van der Waals surface area contributed by atoms with E-state index >= 15 is 0 Å². The van der Waals surface area contributed by atoms with Crippen molar-refractivity contribution in [2.45, 2.75) is 17.8 Å². The van der Waals surface area contributed by atoms with Crippen molar-refractivity contribution in [2.24, 2.45) is 0 Å². The molecular formula is C11H9ClFN3OS. The minimum Gasteiger partial charge on any atom is -0.493 e. The van der Waals surface area contributed by atoms with Gasteiger partial charge in [-0.25, -0.2) is 9.37 Å². The number of hydrogen-bond acceptors (Lipinski definition) is 5. The standard InChI is InChI=1S/C11H9ClFN3OS/c1-6-2-10(17)16-11(15-6)18-5-7-8(12)3-14-4-9(7)13/h2-4H,5H2,1H3,(H,15,16,17). The van der Waals surface area contributed by atoms with Crippen LogP contribution in [0.25, 0.3) is 0 Å². The van der Waals surface area contributed by atoms with Gasteiger partial charge in [-0.3, -0.25) is 4.98 Å². The third kappa shape index (κ3) is 3.08. The molecule has 18 heavy (non-hydrogen) atoms. The number of hydrogen-bond donors (Lipinski definition) is 1. The van der Waals surface area contributed by atoms with Crippen molar-refractivity contribution in [2.75, 3.05) is 0 Å². The Kier molecular flexibility index (Phi) is 3.98. The Balaban J connectivity index is 2.16. The second-order valence-corrected chi connectivity index (χ2v) is 4.87. The molecule has 1 N–H and O–H groups in total. The predicted octanol–water partition coefficient (Wildman–Crippen LogP) is 2.97. The molecular weight excluding hydrogens is 277 g/mol. The maximum Gasteiger partial charge on any atom is 0.215 e. The van der Waals surface area contributed by atoms with Crippen molar-refractivity contribution < 1.29 is 9.50 Å². The highest BCUT2D eigenvalue weighted by molar-refractivity contribution is 7.98. The molecule has 0 radical (unpaired) electrons. The van der Waals surface area contributed by atoms with Gasteiger partial charge in [0.2, 0.25) is 5.88 Å². The molecule has 2 aromatic heterocycles. The van der Waals surface area contributed by atoms with Gasteiger partial charge >= 0.3 is 0 Å². The Morgan fingerprint density at radius 1 is 1.39 bits per heavy atom. The summed E-state index contributed by atoms with van der Waals surface area (Å²) in [5.41, 5.74) is 0.993. The van der Waals surface area contributed by atoms with Crippen LogP contribution in [0.5, 0.6) is 5.88 Å². The van der Waals surface area contributed by atoms with Crippen LogP contribution in [0.3, 0.4) is 0 Å². The van der Waals surface area contributed by atoms with Crippen LogP contribution in [0.4, 0.5) is 4.39 Å². The Labute approximate surface area is 112 Å². The average Bonchev–Trinajstić information content (AvgIpc) is 2.27. The van der Waals surface area contributed by atoms with Crippen LogP contribution >= 0.6 is 23.4 Å². The van der Waals surface area contributed by atoms with Gasteiger partial charge in [-0.1, -0.05) is 23.4 Å². The molecule has 0 amide bonds. The summed E-state index contributed by atoms with van der Waals surface area (Å²) in [5.74, 6) is -0.297. The summed E-state index contributed by atoms with van der Waals surface area (Å²) in [6.07, 6.45) is 2.49. The van der Waals surface area contributed by atoms with Gasteiger partial charge in [0.25, 0.3) is 0 Å². The zero-order valence-electron chi connectivity index (χ0n) is 9.39. The van der Waals surface area contributed by atoms with Crippen molar-refractivity contribution in [1.82, 2.24) is 15.0 Å². The van der Waals surface area contributed by atoms with E-state index in [9.17, 15) is 9.50 Å². The predicted molar refractivity (Wildman–Crippen MR) is 67.2 cm³/mol. The Morgan fingerprint density at radius 3 is 2.83 bits per heavy atom. The first kappa shape index (κ1) is 13.0. The van der Waals surface area contributed by atoms with E-state index in [0.717, 1.165) is 6.20 Å². The first-order valence-corrected chi connectivity index (χ1v) is 6.38. The smallest absolute Gasteiger partial charge is 0.215 e. The molecule has 0 aliphatic carbocycles. The van der Waals surface area contributed by atoms with E-state index in [4.69, 9.17) is 11.6 Å². The fourth-order valence-corrected chi connectivity index (χ4v) is 2.53. The van der Waals surface area contributed by atoms with E-state index in [-0.39, 0.29) is 16.7 Å². The molecule has 2 aromatic rings. The molecule has 0 unspecified atom stereocenters. The molecule has 2 rings (SSSR count). The third-order valence-electron chi connectivity index (χ3n) is 2.12. The number of aromatic hydroxyl groups is 1. The van der Waals surface area contributed by atoms with Gasteiger partial charge in [0.05, 0.1) is 11.2 Å². The number of aryl methyl sites for hydroxylation is 1. The zero-order chi connectivity index (χ0) is 13.1. The van der Waals surface area contributed by atoms with Crippen molar-refractivity contribution in [3.63, 3.8) is 0 Å². The Hall–Kier alpha value is -1.40. The molecule has 0 aliphatic rings. The molecule has 0 aliphatic heterocycles. The number of pyridine rings is 1. The molecule has 94 valence electrons. The maximum atomic E-state index is 13.5. The topological polar surface area (TPSA) is 58.9 Å². The number of aromatic nitrogens is 3. The summed E-state index contributed by atoms with van der Waals surface area (Å²) in [5, 5.41) is 9.96. The van der Waals surface area contributed by atoms with Crippen molar-refractivity contribution in [3.8, 4) is 5.88 Å². The van der Waals surface area contributed by atoms with Crippen molar-refractivity contribution >= 4 is 23.4 Å². The van der Waals surface area contributed by atoms with Gasteiger partial charge in [-0.05, 0) is 6.92 Å². The molecule has 0 saturated carbocycles. The van der Waals surface area contributed by atoms with E-state index < -0.39 is 5.82 Å². The largest absolute Gasteiger partial charge is 0.493 e. The molecule has 0 spiro atoms. The van der Waals surface area contributed by atoms with Gasteiger partial charge in [0, 0.05) is 29.3 Å². The van der Waals surface area contributed by atoms with E-state index in [1.807, 2.05) is 0 Å². The lowest BCUT2D eigenvalue weighted by Gasteiger charge is -2.05. The molecule has 2 heterocycles. The SMILES string of the molecule is Cc1cc(O)nc(SCc2c(F)cncc2Cl)n1. The highest BCUT2D eigenvalue weighted by Crippen LogP contribution is 2.26. The Bertz CT molecular complexity index is 542. The van der Waals surface area contributed by atoms with Gasteiger partial charge < -0.3 is 5.11 Å². The molecule has 0 saturated heterocycles. The number of thioether (sulfide) groups is 1. The molecule has 0 aromatic carbocycles. The van der Waals surface area contributed by atoms with E-state index in [2.05, 4.69) is 15.0 Å². The number of nitrogens with zero attached hydrogens (tertiary/aromatic N) is 3. The van der Waals surface area contributed by atoms with Crippen LogP contribution < -0.4 is 0 Å². The van der Waals surface area contributed by atoms with Crippen LogP contribution in [0, 0.1) is 12.7 Å². The Morgan fingerprint density at radius 2 is 2.17 bits per heavy atom. The van der Waals surface area contributed by atoms with Crippen LogP contribution in [-0.2, 0) is 5.75 Å². The van der Waals surface area contributed by atoms with E-state index in [1.54, 1.807) is 6.92 Å². The quantitative estimate of drug-likeness (QED) is 0.694. The van der Waals surface area contributed by atoms with Gasteiger partial charge in [0.15, 0.2) is 5.16 Å². The van der Waals surface area contributed by atoms with Gasteiger partial charge in [0.1, 0.15) is 5.82 Å². The number of halogens is 2. The zero-order valence-corrected chi connectivity index (χ0v) is 11.0. The highest BCUT2D eigenvalue weighted by atomic mass is 35.5. The van der Waals surface area contributed by atoms with E-state index in [1.165, 1.54) is 24.0 Å². The fraction of sp³-hybridized carbons (Fsp3) is 0.182. The summed E-state index contributed by atoms with van der Waals surface area (Å²) < 4.78 is 13.5. The monoisotopic (exact) mass is 285 g/mol. The highest BCUT2D eigenvalue weighted by Gasteiger charge is 2.10. The van der Waals surface area contributed by atoms with Crippen molar-refractivity contribution in [1.29, 1.82) is 0 Å². The maximum absolute atomic E-state index is 13.5. The summed E-state index contributed by atoms with van der Waals surface area (Å²) in [6.45, 7) is 1.74. The molecule has 0 atom stereocenters. The van der Waals surface area contributed by atoms with Gasteiger partial charge in [-0.15, -0.1) is 0 Å². The van der Waals surface area contributed by atoms with Gasteiger partial charge in [-0.2, -0.15) is 4.98 Å². The summed E-state index contributed by atoms with van der Waals surface area (Å²) in [7, 11) is 0. The van der Waals surface area contributed by atoms with Crippen LogP contribution in [0.15, 0.2) is 23.6 Å². The first-order valence-electron chi connectivity index (χ1n) is 5.01. The normalized spacial score (nSPS) is 10.6. The molecule has 4 nitrogen and oxygen atoms in total. The summed E-state index contributed by atoms with van der Waals surface area (Å²) in [6, 6.07) is 1.45. The molecule has 7 heteroatoms. The van der Waals surface area contributed by atoms with Crippen LogP contribution in [0.2, 0.25) is 5.02 Å². The second-order valence-electron chi connectivity index (χ2n) is 3.52. The summed E-state index contributed by atoms with van der Waals surface area (Å²) in [4.78, 5) is 11.6. The minimum atomic E-state index is -0.466. The lowest BCUT2D eigenvalue weighted by molar-refractivity contribution is 0.444.